The van der Waals surface area contributed by atoms with E-state index >= 15 is 0 Å². The number of hydrogen-bond acceptors (Lipinski definition) is 5. The van der Waals surface area contributed by atoms with Gasteiger partial charge >= 0.3 is 11.9 Å². The van der Waals surface area contributed by atoms with Gasteiger partial charge in [-0.25, -0.2) is 14.4 Å². The van der Waals surface area contributed by atoms with Gasteiger partial charge in [-0.1, -0.05) is 69.5 Å². The molecule has 214 valence electrons. The van der Waals surface area contributed by atoms with Crippen LogP contribution in [0.25, 0.3) is 16.0 Å². The summed E-state index contributed by atoms with van der Waals surface area (Å²) in [6, 6.07) is 25.2. The molecule has 0 amide bonds. The van der Waals surface area contributed by atoms with E-state index in [1.807, 2.05) is 30.0 Å². The molecule has 0 spiro atoms. The lowest BCUT2D eigenvalue weighted by atomic mass is 9.82. The minimum atomic E-state index is -0.601. The number of nitrogens with zero attached hydrogens (tertiary/aromatic N) is 2. The normalized spacial score (nSPS) is 12.4. The average Bonchev–Trinajstić information content (AvgIpc) is 3.20. The van der Waals surface area contributed by atoms with Crippen molar-refractivity contribution in [3.05, 3.63) is 131 Å². The third-order valence-electron chi connectivity index (χ3n) is 7.62. The Kier molecular flexibility index (Phi) is 7.52. The van der Waals surface area contributed by atoms with Gasteiger partial charge in [0.05, 0.1) is 12.3 Å². The summed E-state index contributed by atoms with van der Waals surface area (Å²) in [7, 11) is 0. The second-order valence-corrected chi connectivity index (χ2v) is 11.3. The molecule has 0 saturated carbocycles. The summed E-state index contributed by atoms with van der Waals surface area (Å²) in [5.74, 6) is -0.834. The Bertz CT molecular complexity index is 1830. The van der Waals surface area contributed by atoms with Crippen LogP contribution in [0.1, 0.15) is 44.4 Å². The third kappa shape index (κ3) is 5.45. The van der Waals surface area contributed by atoms with Crippen molar-refractivity contribution in [3.63, 3.8) is 0 Å². The highest BCUT2D eigenvalue weighted by Crippen LogP contribution is 2.51. The minimum Gasteiger partial charge on any atom is -0.423 e. The first-order chi connectivity index (χ1) is 20.4. The van der Waals surface area contributed by atoms with Crippen LogP contribution in [0.15, 0.2) is 103 Å². The summed E-state index contributed by atoms with van der Waals surface area (Å²) >= 11 is 0. The van der Waals surface area contributed by atoms with Gasteiger partial charge in [-0.05, 0) is 66.8 Å². The number of hydrogen-bond donors (Lipinski definition) is 0. The second-order valence-electron chi connectivity index (χ2n) is 11.3. The molecule has 0 bridgehead atoms. The van der Waals surface area contributed by atoms with E-state index in [2.05, 4.69) is 68.2 Å². The van der Waals surface area contributed by atoms with Crippen LogP contribution < -0.4 is 14.4 Å². The van der Waals surface area contributed by atoms with Crippen molar-refractivity contribution in [2.75, 3.05) is 4.90 Å². The molecular weight excluding hydrogens is 536 g/mol. The Morgan fingerprint density at radius 3 is 1.95 bits per heavy atom. The monoisotopic (exact) mass is 568 g/mol. The van der Waals surface area contributed by atoms with Gasteiger partial charge < -0.3 is 14.4 Å². The summed E-state index contributed by atoms with van der Waals surface area (Å²) in [4.78, 5) is 30.6. The van der Waals surface area contributed by atoms with Crippen LogP contribution in [-0.4, -0.2) is 11.9 Å². The first-order valence-corrected chi connectivity index (χ1v) is 13.8. The zero-order valence-corrected chi connectivity index (χ0v) is 24.9. The smallest absolute Gasteiger partial charge is 0.338 e. The molecule has 0 atom stereocenters. The van der Waals surface area contributed by atoms with E-state index < -0.39 is 11.9 Å². The first kappa shape index (κ1) is 29.1. The van der Waals surface area contributed by atoms with Gasteiger partial charge in [-0.15, -0.1) is 0 Å². The molecule has 6 heteroatoms. The lowest BCUT2D eigenvalue weighted by molar-refractivity contribution is -0.130. The Morgan fingerprint density at radius 2 is 1.37 bits per heavy atom. The third-order valence-corrected chi connectivity index (χ3v) is 7.62. The Balaban J connectivity index is 1.74. The molecule has 0 aliphatic heterocycles. The fourth-order valence-electron chi connectivity index (χ4n) is 5.41. The van der Waals surface area contributed by atoms with Crippen LogP contribution in [0.5, 0.6) is 11.5 Å². The van der Waals surface area contributed by atoms with Crippen molar-refractivity contribution >= 4 is 34.7 Å². The van der Waals surface area contributed by atoms with E-state index in [1.54, 1.807) is 32.0 Å². The number of ether oxygens (including phenoxy) is 2. The number of benzene rings is 4. The maximum Gasteiger partial charge on any atom is 0.338 e. The number of rotatable bonds is 7. The number of aryl methyl sites for hydroxylation is 1. The van der Waals surface area contributed by atoms with Crippen LogP contribution in [0.4, 0.5) is 22.7 Å². The molecule has 0 unspecified atom stereocenters. The number of carbonyl (C=O) groups excluding carboxylic acids is 2. The Morgan fingerprint density at radius 1 is 0.767 bits per heavy atom. The predicted molar refractivity (Wildman–Crippen MR) is 171 cm³/mol. The van der Waals surface area contributed by atoms with Gasteiger partial charge in [0, 0.05) is 46.1 Å². The Labute approximate surface area is 252 Å². The highest BCUT2D eigenvalue weighted by Gasteiger charge is 2.35. The van der Waals surface area contributed by atoms with E-state index in [1.165, 1.54) is 28.3 Å². The molecule has 0 radical (unpaired) electrons. The van der Waals surface area contributed by atoms with E-state index in [-0.39, 0.29) is 28.1 Å². The highest BCUT2D eigenvalue weighted by molar-refractivity contribution is 5.91. The van der Waals surface area contributed by atoms with Crippen LogP contribution in [0, 0.1) is 13.5 Å². The molecule has 1 aliphatic rings. The van der Waals surface area contributed by atoms with Crippen LogP contribution in [0.2, 0.25) is 0 Å². The van der Waals surface area contributed by atoms with Crippen molar-refractivity contribution in [1.29, 1.82) is 0 Å². The average molecular weight is 569 g/mol. The molecule has 5 rings (SSSR count). The topological polar surface area (TPSA) is 60.2 Å². The fourth-order valence-corrected chi connectivity index (χ4v) is 5.41. The predicted octanol–water partition coefficient (Wildman–Crippen LogP) is 9.28. The summed E-state index contributed by atoms with van der Waals surface area (Å²) in [5, 5.41) is 0. The zero-order valence-electron chi connectivity index (χ0n) is 24.9. The lowest BCUT2D eigenvalue weighted by Gasteiger charge is -2.30. The van der Waals surface area contributed by atoms with Crippen LogP contribution >= 0.6 is 0 Å². The van der Waals surface area contributed by atoms with E-state index in [0.29, 0.717) is 11.4 Å². The number of carbonyl (C=O) groups is 2. The standard InChI is InChI=1S/C37H32N2O4/c1-22(2)35(40)42-28-18-27(19-29(21-28)43-36(41)23(3)4)39(34-16-13-25(38-8)17-24(34)5)26-14-15-31-30-11-9-10-12-32(30)37(6,7)33(31)20-26/h9-21H,1,3H2,2,4-7H3. The largest absolute Gasteiger partial charge is 0.423 e. The summed E-state index contributed by atoms with van der Waals surface area (Å²) < 4.78 is 11.2. The van der Waals surface area contributed by atoms with Gasteiger partial charge in [0.25, 0.3) is 0 Å². The van der Waals surface area contributed by atoms with Gasteiger partial charge in [-0.3, -0.25) is 0 Å². The number of esters is 2. The molecular formula is C37H32N2O4. The molecule has 0 saturated heterocycles. The maximum absolute atomic E-state index is 12.5. The van der Waals surface area contributed by atoms with E-state index in [0.717, 1.165) is 16.9 Å². The van der Waals surface area contributed by atoms with Crippen LogP contribution in [-0.2, 0) is 15.0 Å². The van der Waals surface area contributed by atoms with Crippen molar-refractivity contribution in [2.45, 2.75) is 40.0 Å². The molecule has 43 heavy (non-hydrogen) atoms. The highest BCUT2D eigenvalue weighted by atomic mass is 16.5. The van der Waals surface area contributed by atoms with Crippen LogP contribution in [0.3, 0.4) is 0 Å². The van der Waals surface area contributed by atoms with E-state index in [4.69, 9.17) is 16.0 Å². The summed E-state index contributed by atoms with van der Waals surface area (Å²) in [6.07, 6.45) is 0. The molecule has 1 aliphatic carbocycles. The molecule has 0 N–H and O–H groups in total. The lowest BCUT2D eigenvalue weighted by Crippen LogP contribution is -2.17. The van der Waals surface area contributed by atoms with E-state index in [9.17, 15) is 9.59 Å². The zero-order chi connectivity index (χ0) is 31.1. The van der Waals surface area contributed by atoms with Crippen molar-refractivity contribution in [3.8, 4) is 22.6 Å². The molecule has 0 fully saturated rings. The van der Waals surface area contributed by atoms with Gasteiger partial charge in [0.15, 0.2) is 5.69 Å². The molecule has 0 aromatic heterocycles. The summed E-state index contributed by atoms with van der Waals surface area (Å²) in [5.41, 5.74) is 8.65. The molecule has 0 heterocycles. The van der Waals surface area contributed by atoms with Gasteiger partial charge in [0.1, 0.15) is 11.5 Å². The minimum absolute atomic E-state index is 0.185. The van der Waals surface area contributed by atoms with Crippen molar-refractivity contribution in [2.24, 2.45) is 0 Å². The molecule has 6 nitrogen and oxygen atoms in total. The number of anilines is 3. The van der Waals surface area contributed by atoms with Gasteiger partial charge in [-0.2, -0.15) is 0 Å². The molecule has 4 aromatic carbocycles. The SMILES string of the molecule is [C-]#[N+]c1ccc(N(c2cc(OC(=O)C(=C)C)cc(OC(=O)C(=C)C)c2)c2ccc3c(c2)C(C)(C)c2ccccc2-3)c(C)c1. The second kappa shape index (κ2) is 11.1. The van der Waals surface area contributed by atoms with Crippen molar-refractivity contribution < 1.29 is 19.1 Å². The number of fused-ring (bicyclic) bond motifs is 3. The van der Waals surface area contributed by atoms with Gasteiger partial charge in [0.2, 0.25) is 0 Å². The maximum atomic E-state index is 12.5. The van der Waals surface area contributed by atoms with Crippen molar-refractivity contribution in [1.82, 2.24) is 0 Å². The first-order valence-electron chi connectivity index (χ1n) is 13.8. The Hall–Kier alpha value is -5.41. The summed E-state index contributed by atoms with van der Waals surface area (Å²) in [6.45, 7) is 24.4. The molecule has 4 aromatic rings. The fraction of sp³-hybridized carbons (Fsp3) is 0.162. The quantitative estimate of drug-likeness (QED) is 0.0962.